The van der Waals surface area contributed by atoms with Crippen LogP contribution in [0.5, 0.6) is 0 Å². The van der Waals surface area contributed by atoms with Gasteiger partial charge in [0.05, 0.1) is 0 Å². The smallest absolute Gasteiger partial charge is 0.407 e. The highest BCUT2D eigenvalue weighted by atomic mass is 16.6. The van der Waals surface area contributed by atoms with Crippen molar-refractivity contribution in [2.24, 2.45) is 17.8 Å². The van der Waals surface area contributed by atoms with E-state index in [1.54, 1.807) is 0 Å². The summed E-state index contributed by atoms with van der Waals surface area (Å²) in [6, 6.07) is 0.657. The number of alkyl carbamates (subject to hydrolysis) is 1. The Balaban J connectivity index is 2.49. The fraction of sp³-hybridized carbons (Fsp3) is 0.944. The first kappa shape index (κ1) is 19.3. The maximum Gasteiger partial charge on any atom is 0.407 e. The summed E-state index contributed by atoms with van der Waals surface area (Å²) < 4.78 is 5.37. The minimum atomic E-state index is -0.452. The van der Waals surface area contributed by atoms with Crippen LogP contribution in [-0.2, 0) is 4.74 Å². The summed E-state index contributed by atoms with van der Waals surface area (Å²) in [5.74, 6) is 1.85. The van der Waals surface area contributed by atoms with E-state index in [2.05, 4.69) is 38.3 Å². The molecule has 130 valence electrons. The summed E-state index contributed by atoms with van der Waals surface area (Å²) >= 11 is 0. The number of hydrogen-bond donors (Lipinski definition) is 2. The second kappa shape index (κ2) is 8.19. The molecule has 0 radical (unpaired) electrons. The van der Waals surface area contributed by atoms with Crippen molar-refractivity contribution in [2.45, 2.75) is 85.4 Å². The van der Waals surface area contributed by atoms with Crippen molar-refractivity contribution < 1.29 is 9.53 Å². The molecule has 0 saturated heterocycles. The third-order valence-corrected chi connectivity index (χ3v) is 4.81. The molecule has 22 heavy (non-hydrogen) atoms. The Bertz CT molecular complexity index is 349. The molecule has 4 unspecified atom stereocenters. The van der Waals surface area contributed by atoms with Crippen molar-refractivity contribution in [2.75, 3.05) is 6.54 Å². The van der Waals surface area contributed by atoms with E-state index in [0.29, 0.717) is 17.9 Å². The first-order valence-corrected chi connectivity index (χ1v) is 8.83. The van der Waals surface area contributed by atoms with Gasteiger partial charge in [-0.05, 0) is 44.9 Å². The van der Waals surface area contributed by atoms with Crippen molar-refractivity contribution in [3.05, 3.63) is 0 Å². The lowest BCUT2D eigenvalue weighted by Crippen LogP contribution is -2.51. The number of amides is 1. The minimum absolute atomic E-state index is 0.0966. The van der Waals surface area contributed by atoms with Crippen LogP contribution in [0.25, 0.3) is 0 Å². The average Bonchev–Trinajstić information content (AvgIpc) is 2.36. The quantitative estimate of drug-likeness (QED) is 0.808. The van der Waals surface area contributed by atoms with E-state index >= 15 is 0 Å². The third kappa shape index (κ3) is 6.55. The molecule has 1 fully saturated rings. The van der Waals surface area contributed by atoms with E-state index in [9.17, 15) is 4.79 Å². The number of carbonyl (C=O) groups excluding carboxylic acids is 1. The normalized spacial score (nSPS) is 27.5. The first-order valence-electron chi connectivity index (χ1n) is 8.83. The summed E-state index contributed by atoms with van der Waals surface area (Å²) in [5, 5.41) is 6.70. The van der Waals surface area contributed by atoms with Crippen LogP contribution in [0.4, 0.5) is 4.79 Å². The van der Waals surface area contributed by atoms with Gasteiger partial charge in [0.1, 0.15) is 5.60 Å². The van der Waals surface area contributed by atoms with Gasteiger partial charge in [-0.15, -0.1) is 0 Å². The van der Waals surface area contributed by atoms with Gasteiger partial charge >= 0.3 is 6.09 Å². The SMILES string of the molecule is CC(C)C(CNC1CCCC(C)C1C)NC(=O)OC(C)(C)C. The largest absolute Gasteiger partial charge is 0.444 e. The zero-order valence-electron chi connectivity index (χ0n) is 15.5. The van der Waals surface area contributed by atoms with E-state index in [-0.39, 0.29) is 12.1 Å². The van der Waals surface area contributed by atoms with Crippen LogP contribution in [0.2, 0.25) is 0 Å². The second-order valence-electron chi connectivity index (χ2n) is 8.28. The molecule has 0 aliphatic heterocycles. The Morgan fingerprint density at radius 2 is 1.86 bits per heavy atom. The number of hydrogen-bond acceptors (Lipinski definition) is 3. The van der Waals surface area contributed by atoms with Crippen molar-refractivity contribution >= 4 is 6.09 Å². The summed E-state index contributed by atoms with van der Waals surface area (Å²) in [4.78, 5) is 12.0. The Labute approximate surface area is 136 Å². The monoisotopic (exact) mass is 312 g/mol. The molecule has 2 N–H and O–H groups in total. The Kier molecular flexibility index (Phi) is 7.17. The number of carbonyl (C=O) groups is 1. The van der Waals surface area contributed by atoms with Crippen LogP contribution in [0.3, 0.4) is 0 Å². The number of ether oxygens (including phenoxy) is 1. The molecule has 4 nitrogen and oxygen atoms in total. The Morgan fingerprint density at radius 3 is 2.41 bits per heavy atom. The van der Waals surface area contributed by atoms with E-state index < -0.39 is 5.60 Å². The molecule has 4 atom stereocenters. The maximum atomic E-state index is 12.0. The van der Waals surface area contributed by atoms with Gasteiger partial charge in [-0.1, -0.05) is 40.5 Å². The van der Waals surface area contributed by atoms with E-state index in [4.69, 9.17) is 4.74 Å². The zero-order chi connectivity index (χ0) is 16.9. The molecule has 0 aromatic rings. The van der Waals surface area contributed by atoms with Crippen LogP contribution in [-0.4, -0.2) is 30.3 Å². The summed E-state index contributed by atoms with van der Waals surface area (Å²) in [7, 11) is 0. The molecule has 0 heterocycles. The van der Waals surface area contributed by atoms with E-state index in [0.717, 1.165) is 12.5 Å². The highest BCUT2D eigenvalue weighted by Crippen LogP contribution is 2.29. The van der Waals surface area contributed by atoms with E-state index in [1.807, 2.05) is 20.8 Å². The molecule has 0 aromatic carbocycles. The fourth-order valence-corrected chi connectivity index (χ4v) is 3.06. The molecule has 0 spiro atoms. The van der Waals surface area contributed by atoms with Gasteiger partial charge in [-0.3, -0.25) is 0 Å². The lowest BCUT2D eigenvalue weighted by Gasteiger charge is -2.36. The standard InChI is InChI=1S/C18H36N2O2/c1-12(2)16(20-17(21)22-18(5,6)7)11-19-15-10-8-9-13(3)14(15)4/h12-16,19H,8-11H2,1-7H3,(H,20,21). The van der Waals surface area contributed by atoms with Crippen molar-refractivity contribution in [3.8, 4) is 0 Å². The summed E-state index contributed by atoms with van der Waals surface area (Å²) in [6.07, 6.45) is 3.55. The molecule has 1 saturated carbocycles. The second-order valence-corrected chi connectivity index (χ2v) is 8.28. The molecule has 0 aromatic heterocycles. The van der Waals surface area contributed by atoms with Crippen LogP contribution < -0.4 is 10.6 Å². The lowest BCUT2D eigenvalue weighted by atomic mass is 9.78. The molecule has 1 rings (SSSR count). The predicted molar refractivity (Wildman–Crippen MR) is 92.0 cm³/mol. The predicted octanol–water partition coefficient (Wildman–Crippen LogP) is 3.95. The van der Waals surface area contributed by atoms with Crippen LogP contribution in [0, 0.1) is 17.8 Å². The fourth-order valence-electron chi connectivity index (χ4n) is 3.06. The lowest BCUT2D eigenvalue weighted by molar-refractivity contribution is 0.0486. The maximum absolute atomic E-state index is 12.0. The molecule has 1 amide bonds. The van der Waals surface area contributed by atoms with Crippen molar-refractivity contribution in [1.82, 2.24) is 10.6 Å². The highest BCUT2D eigenvalue weighted by Gasteiger charge is 2.28. The highest BCUT2D eigenvalue weighted by molar-refractivity contribution is 5.68. The van der Waals surface area contributed by atoms with Gasteiger partial charge in [0, 0.05) is 18.6 Å². The third-order valence-electron chi connectivity index (χ3n) is 4.81. The molecule has 4 heteroatoms. The molecule has 1 aliphatic rings. The molecule has 0 bridgehead atoms. The van der Waals surface area contributed by atoms with Gasteiger partial charge < -0.3 is 15.4 Å². The minimum Gasteiger partial charge on any atom is -0.444 e. The number of nitrogens with one attached hydrogen (secondary N) is 2. The Morgan fingerprint density at radius 1 is 1.23 bits per heavy atom. The van der Waals surface area contributed by atoms with Gasteiger partial charge in [0.2, 0.25) is 0 Å². The summed E-state index contributed by atoms with van der Waals surface area (Å²) in [5.41, 5.74) is -0.452. The van der Waals surface area contributed by atoms with Crippen molar-refractivity contribution in [1.29, 1.82) is 0 Å². The van der Waals surface area contributed by atoms with Gasteiger partial charge in [-0.25, -0.2) is 4.79 Å². The Hall–Kier alpha value is -0.770. The van der Waals surface area contributed by atoms with Gasteiger partial charge in [-0.2, -0.15) is 0 Å². The average molecular weight is 312 g/mol. The van der Waals surface area contributed by atoms with Crippen LogP contribution in [0.1, 0.15) is 67.7 Å². The summed E-state index contributed by atoms with van der Waals surface area (Å²) in [6.45, 7) is 15.4. The van der Waals surface area contributed by atoms with Crippen LogP contribution >= 0.6 is 0 Å². The molecular weight excluding hydrogens is 276 g/mol. The van der Waals surface area contributed by atoms with E-state index in [1.165, 1.54) is 19.3 Å². The zero-order valence-corrected chi connectivity index (χ0v) is 15.5. The van der Waals surface area contributed by atoms with Crippen LogP contribution in [0.15, 0.2) is 0 Å². The van der Waals surface area contributed by atoms with Gasteiger partial charge in [0.15, 0.2) is 0 Å². The molecule has 1 aliphatic carbocycles. The topological polar surface area (TPSA) is 50.4 Å². The number of rotatable bonds is 5. The first-order chi connectivity index (χ1) is 10.1. The molecular formula is C18H36N2O2. The van der Waals surface area contributed by atoms with Gasteiger partial charge in [0.25, 0.3) is 0 Å². The van der Waals surface area contributed by atoms with Crippen molar-refractivity contribution in [3.63, 3.8) is 0 Å².